The van der Waals surface area contributed by atoms with Gasteiger partial charge in [0, 0.05) is 23.1 Å². The molecule has 4 aromatic rings. The number of hydrogen-bond donors (Lipinski definition) is 2. The minimum atomic E-state index is -0.405. The molecule has 0 atom stereocenters. The second-order valence-electron chi connectivity index (χ2n) is 6.97. The lowest BCUT2D eigenvalue weighted by molar-refractivity contribution is -0.113. The number of carbonyl (C=O) groups excluding carboxylic acids is 2. The summed E-state index contributed by atoms with van der Waals surface area (Å²) in [5.74, 6) is -0.563. The first-order valence-electron chi connectivity index (χ1n) is 10.2. The van der Waals surface area contributed by atoms with Gasteiger partial charge < -0.3 is 15.0 Å². The van der Waals surface area contributed by atoms with Crippen LogP contribution in [-0.4, -0.2) is 38.8 Å². The van der Waals surface area contributed by atoms with Crippen molar-refractivity contribution in [2.75, 3.05) is 17.7 Å². The van der Waals surface area contributed by atoms with Gasteiger partial charge in [-0.3, -0.25) is 14.2 Å². The minimum Gasteiger partial charge on any atom is -0.462 e. The van der Waals surface area contributed by atoms with Crippen LogP contribution in [0.3, 0.4) is 0 Å². The van der Waals surface area contributed by atoms with Crippen LogP contribution in [0.4, 0.5) is 5.69 Å². The zero-order chi connectivity index (χ0) is 22.7. The van der Waals surface area contributed by atoms with Crippen LogP contribution in [0.1, 0.15) is 24.2 Å². The molecule has 0 bridgehead atoms. The van der Waals surface area contributed by atoms with Crippen molar-refractivity contribution >= 4 is 51.3 Å². The van der Waals surface area contributed by atoms with Crippen molar-refractivity contribution in [3.63, 3.8) is 0 Å². The lowest BCUT2D eigenvalue weighted by atomic mass is 10.2. The maximum absolute atomic E-state index is 13.0. The van der Waals surface area contributed by atoms with Gasteiger partial charge >= 0.3 is 5.97 Å². The highest BCUT2D eigenvalue weighted by molar-refractivity contribution is 7.99. The van der Waals surface area contributed by atoms with Gasteiger partial charge in [0.2, 0.25) is 5.91 Å². The van der Waals surface area contributed by atoms with E-state index in [1.807, 2.05) is 31.2 Å². The highest BCUT2D eigenvalue weighted by atomic mass is 32.2. The number of esters is 1. The van der Waals surface area contributed by atoms with Gasteiger partial charge in [-0.1, -0.05) is 30.0 Å². The number of thioether (sulfide) groups is 1. The van der Waals surface area contributed by atoms with E-state index in [4.69, 9.17) is 4.74 Å². The van der Waals surface area contributed by atoms with E-state index in [9.17, 15) is 14.4 Å². The topological polar surface area (TPSA) is 106 Å². The number of para-hydroxylation sites is 1. The maximum Gasteiger partial charge on any atom is 0.338 e. The Balaban J connectivity index is 1.51. The van der Waals surface area contributed by atoms with E-state index >= 15 is 0 Å². The van der Waals surface area contributed by atoms with E-state index in [-0.39, 0.29) is 17.2 Å². The number of amides is 1. The molecule has 8 nitrogen and oxygen atoms in total. The van der Waals surface area contributed by atoms with Crippen LogP contribution >= 0.6 is 11.8 Å². The van der Waals surface area contributed by atoms with Crippen LogP contribution in [0.25, 0.3) is 21.9 Å². The third-order valence-corrected chi connectivity index (χ3v) is 5.88. The van der Waals surface area contributed by atoms with Crippen molar-refractivity contribution in [2.45, 2.75) is 25.5 Å². The number of hydrogen-bond acceptors (Lipinski definition) is 6. The van der Waals surface area contributed by atoms with Crippen LogP contribution in [-0.2, 0) is 16.1 Å². The summed E-state index contributed by atoms with van der Waals surface area (Å²) in [6.45, 7) is 4.35. The number of nitrogens with one attached hydrogen (secondary N) is 2. The van der Waals surface area contributed by atoms with Gasteiger partial charge in [0.15, 0.2) is 5.16 Å². The molecule has 0 fully saturated rings. The van der Waals surface area contributed by atoms with Crippen LogP contribution in [0.2, 0.25) is 0 Å². The van der Waals surface area contributed by atoms with E-state index in [1.54, 1.807) is 35.8 Å². The Morgan fingerprint density at radius 1 is 1.12 bits per heavy atom. The number of aromatic amines is 1. The van der Waals surface area contributed by atoms with Crippen molar-refractivity contribution in [1.29, 1.82) is 0 Å². The molecule has 0 saturated heterocycles. The van der Waals surface area contributed by atoms with Crippen molar-refractivity contribution in [3.8, 4) is 0 Å². The molecule has 32 heavy (non-hydrogen) atoms. The molecule has 2 aromatic carbocycles. The summed E-state index contributed by atoms with van der Waals surface area (Å²) in [4.78, 5) is 45.0. The highest BCUT2D eigenvalue weighted by Crippen LogP contribution is 2.24. The summed E-state index contributed by atoms with van der Waals surface area (Å²) in [5.41, 5.74) is 2.74. The van der Waals surface area contributed by atoms with Crippen LogP contribution < -0.4 is 10.9 Å². The fourth-order valence-electron chi connectivity index (χ4n) is 3.40. The molecular weight excluding hydrogens is 428 g/mol. The smallest absolute Gasteiger partial charge is 0.338 e. The van der Waals surface area contributed by atoms with Gasteiger partial charge in [0.25, 0.3) is 5.56 Å². The Morgan fingerprint density at radius 2 is 1.88 bits per heavy atom. The molecule has 0 spiro atoms. The zero-order valence-electron chi connectivity index (χ0n) is 17.7. The van der Waals surface area contributed by atoms with Gasteiger partial charge in [0.1, 0.15) is 11.0 Å². The Morgan fingerprint density at radius 3 is 2.59 bits per heavy atom. The molecule has 0 saturated carbocycles. The lowest BCUT2D eigenvalue weighted by Gasteiger charge is -2.10. The molecule has 4 rings (SSSR count). The Labute approximate surface area is 188 Å². The summed E-state index contributed by atoms with van der Waals surface area (Å²) in [5, 5.41) is 4.15. The van der Waals surface area contributed by atoms with Crippen molar-refractivity contribution in [1.82, 2.24) is 14.5 Å². The molecule has 2 aromatic heterocycles. The summed E-state index contributed by atoms with van der Waals surface area (Å²) in [6.07, 6.45) is 0. The largest absolute Gasteiger partial charge is 0.462 e. The molecule has 2 N–H and O–H groups in total. The molecule has 1 amide bonds. The highest BCUT2D eigenvalue weighted by Gasteiger charge is 2.16. The van der Waals surface area contributed by atoms with Crippen molar-refractivity contribution < 1.29 is 14.3 Å². The van der Waals surface area contributed by atoms with Gasteiger partial charge in [-0.25, -0.2) is 9.78 Å². The molecule has 0 aliphatic rings. The molecule has 0 aliphatic carbocycles. The zero-order valence-corrected chi connectivity index (χ0v) is 18.5. The number of rotatable bonds is 7. The standard InChI is InChI=1S/C23H22N4O4S/c1-3-27-21(29)20-19(16-7-5-6-8-17(16)25-20)26-23(27)32-13-18(28)24-15-11-9-14(10-12-15)22(30)31-4-2/h5-12,25H,3-4,13H2,1-2H3,(H,24,28). The molecule has 0 aliphatic heterocycles. The third kappa shape index (κ3) is 4.24. The first kappa shape index (κ1) is 21.6. The number of aromatic nitrogens is 3. The third-order valence-electron chi connectivity index (χ3n) is 4.90. The second-order valence-corrected chi connectivity index (χ2v) is 7.92. The number of H-pyrrole nitrogens is 1. The molecule has 0 radical (unpaired) electrons. The van der Waals surface area contributed by atoms with Crippen LogP contribution in [0, 0.1) is 0 Å². The summed E-state index contributed by atoms with van der Waals surface area (Å²) < 4.78 is 6.51. The second kappa shape index (κ2) is 9.27. The van der Waals surface area contributed by atoms with Gasteiger partial charge in [-0.2, -0.15) is 0 Å². The van der Waals surface area contributed by atoms with E-state index in [0.29, 0.717) is 40.6 Å². The summed E-state index contributed by atoms with van der Waals surface area (Å²) in [7, 11) is 0. The number of benzene rings is 2. The average molecular weight is 451 g/mol. The Hall–Kier alpha value is -3.59. The predicted molar refractivity (Wildman–Crippen MR) is 125 cm³/mol. The van der Waals surface area contributed by atoms with Gasteiger partial charge in [-0.15, -0.1) is 0 Å². The molecule has 9 heteroatoms. The number of nitrogens with zero attached hydrogens (tertiary/aromatic N) is 2. The van der Waals surface area contributed by atoms with E-state index in [0.717, 1.165) is 10.9 Å². The van der Waals surface area contributed by atoms with Crippen molar-refractivity contribution in [2.24, 2.45) is 0 Å². The fraction of sp³-hybridized carbons (Fsp3) is 0.217. The Bertz CT molecular complexity index is 1360. The molecule has 164 valence electrons. The SMILES string of the molecule is CCOC(=O)c1ccc(NC(=O)CSc2nc3c([nH]c4ccccc43)c(=O)n2CC)cc1. The normalized spacial score (nSPS) is 11.1. The van der Waals surface area contributed by atoms with E-state index in [1.165, 1.54) is 11.8 Å². The number of fused-ring (bicyclic) bond motifs is 3. The number of anilines is 1. The minimum absolute atomic E-state index is 0.0833. The summed E-state index contributed by atoms with van der Waals surface area (Å²) >= 11 is 1.21. The quantitative estimate of drug-likeness (QED) is 0.252. The maximum atomic E-state index is 13.0. The predicted octanol–water partition coefficient (Wildman–Crippen LogP) is 3.81. The lowest BCUT2D eigenvalue weighted by Crippen LogP contribution is -2.23. The fourth-order valence-corrected chi connectivity index (χ4v) is 4.25. The van der Waals surface area contributed by atoms with Gasteiger partial charge in [-0.05, 0) is 44.2 Å². The number of ether oxygens (including phenoxy) is 1. The number of carbonyl (C=O) groups is 2. The average Bonchev–Trinajstić information content (AvgIpc) is 3.17. The molecular formula is C23H22N4O4S. The Kier molecular flexibility index (Phi) is 6.27. The van der Waals surface area contributed by atoms with Crippen LogP contribution in [0.5, 0.6) is 0 Å². The molecule has 0 unspecified atom stereocenters. The summed E-state index contributed by atoms with van der Waals surface area (Å²) in [6, 6.07) is 14.1. The van der Waals surface area contributed by atoms with E-state index < -0.39 is 5.97 Å². The van der Waals surface area contributed by atoms with Crippen molar-refractivity contribution in [3.05, 3.63) is 64.4 Å². The first-order chi connectivity index (χ1) is 15.5. The monoisotopic (exact) mass is 450 g/mol. The first-order valence-corrected chi connectivity index (χ1v) is 11.2. The van der Waals surface area contributed by atoms with Crippen LogP contribution in [0.15, 0.2) is 58.5 Å². The van der Waals surface area contributed by atoms with Gasteiger partial charge in [0.05, 0.1) is 17.9 Å². The molecule has 2 heterocycles. The van der Waals surface area contributed by atoms with E-state index in [2.05, 4.69) is 15.3 Å².